The third-order valence-electron chi connectivity index (χ3n) is 7.10. The standard InChI is InChI=1S/C29H46N2O4/c1-2-3-4-5-6-7-8-9-10-11-12-13-14-15-16-17-18-19-20-25(30-26(32)21-22-27(30)33)31-28(34)23-24-29(31)35/h21-25H,2-20H2,1H3. The van der Waals surface area contributed by atoms with Crippen molar-refractivity contribution in [1.29, 1.82) is 0 Å². The fourth-order valence-electron chi connectivity index (χ4n) is 5.01. The van der Waals surface area contributed by atoms with E-state index in [4.69, 9.17) is 0 Å². The molecule has 0 saturated carbocycles. The smallest absolute Gasteiger partial charge is 0.255 e. The Balaban J connectivity index is 1.47. The zero-order valence-corrected chi connectivity index (χ0v) is 21.8. The first-order valence-corrected chi connectivity index (χ1v) is 14.2. The highest BCUT2D eigenvalue weighted by Crippen LogP contribution is 2.23. The van der Waals surface area contributed by atoms with Crippen LogP contribution in [0.4, 0.5) is 0 Å². The lowest BCUT2D eigenvalue weighted by Crippen LogP contribution is -2.53. The Morgan fingerprint density at radius 3 is 1.00 bits per heavy atom. The Bertz CT molecular complexity index is 665. The van der Waals surface area contributed by atoms with Crippen LogP contribution < -0.4 is 0 Å². The SMILES string of the molecule is CCCCCCCCCCCCCCCCCCCCC(N1C(=O)C=CC1=O)N1C(=O)C=CC1=O. The van der Waals surface area contributed by atoms with Crippen molar-refractivity contribution >= 4 is 23.6 Å². The lowest BCUT2D eigenvalue weighted by molar-refractivity contribution is -0.152. The summed E-state index contributed by atoms with van der Waals surface area (Å²) in [7, 11) is 0. The second-order valence-electron chi connectivity index (χ2n) is 10.0. The Morgan fingerprint density at radius 2 is 0.714 bits per heavy atom. The molecule has 2 aliphatic rings. The number of unbranched alkanes of at least 4 members (excludes halogenated alkanes) is 17. The first-order valence-electron chi connectivity index (χ1n) is 14.2. The molecule has 0 radical (unpaired) electrons. The van der Waals surface area contributed by atoms with Gasteiger partial charge in [0.1, 0.15) is 6.17 Å². The van der Waals surface area contributed by atoms with E-state index in [2.05, 4.69) is 6.92 Å². The fourth-order valence-corrected chi connectivity index (χ4v) is 5.01. The van der Waals surface area contributed by atoms with Gasteiger partial charge in [-0.3, -0.25) is 29.0 Å². The molecule has 0 bridgehead atoms. The van der Waals surface area contributed by atoms with Crippen molar-refractivity contribution in [3.63, 3.8) is 0 Å². The van der Waals surface area contributed by atoms with Gasteiger partial charge in [0.25, 0.3) is 23.6 Å². The average Bonchev–Trinajstić information content (AvgIpc) is 3.36. The molecule has 0 aliphatic carbocycles. The van der Waals surface area contributed by atoms with Crippen LogP contribution in [-0.2, 0) is 19.2 Å². The molecule has 196 valence electrons. The van der Waals surface area contributed by atoms with Crippen LogP contribution in [0.2, 0.25) is 0 Å². The minimum absolute atomic E-state index is 0.428. The van der Waals surface area contributed by atoms with Crippen molar-refractivity contribution in [2.75, 3.05) is 0 Å². The first-order chi connectivity index (χ1) is 17.1. The Morgan fingerprint density at radius 1 is 0.457 bits per heavy atom. The molecule has 0 N–H and O–H groups in total. The minimum atomic E-state index is -0.832. The molecule has 35 heavy (non-hydrogen) atoms. The van der Waals surface area contributed by atoms with Gasteiger partial charge in [-0.05, 0) is 12.8 Å². The van der Waals surface area contributed by atoms with Gasteiger partial charge in [0, 0.05) is 24.3 Å². The van der Waals surface area contributed by atoms with E-state index >= 15 is 0 Å². The normalized spacial score (nSPS) is 15.6. The summed E-state index contributed by atoms with van der Waals surface area (Å²) >= 11 is 0. The predicted octanol–water partition coefficient (Wildman–Crippen LogP) is 6.59. The molecule has 0 unspecified atom stereocenters. The van der Waals surface area contributed by atoms with Crippen molar-refractivity contribution in [2.45, 2.75) is 135 Å². The van der Waals surface area contributed by atoms with Crippen LogP contribution in [-0.4, -0.2) is 39.6 Å². The molecule has 6 nitrogen and oxygen atoms in total. The van der Waals surface area contributed by atoms with Crippen LogP contribution in [0.25, 0.3) is 0 Å². The molecular formula is C29H46N2O4. The van der Waals surface area contributed by atoms with E-state index in [1.54, 1.807) is 0 Å². The van der Waals surface area contributed by atoms with Gasteiger partial charge in [-0.15, -0.1) is 0 Å². The monoisotopic (exact) mass is 486 g/mol. The third-order valence-corrected chi connectivity index (χ3v) is 7.10. The summed E-state index contributed by atoms with van der Waals surface area (Å²) in [6, 6.07) is 0. The van der Waals surface area contributed by atoms with E-state index in [1.165, 1.54) is 121 Å². The molecule has 0 spiro atoms. The Hall–Kier alpha value is -2.24. The van der Waals surface area contributed by atoms with Gasteiger partial charge in [-0.25, -0.2) is 0 Å². The fraction of sp³-hybridized carbons (Fsp3) is 0.724. The number of nitrogens with zero attached hydrogens (tertiary/aromatic N) is 2. The van der Waals surface area contributed by atoms with Crippen LogP contribution in [0.1, 0.15) is 129 Å². The summed E-state index contributed by atoms with van der Waals surface area (Å²) in [5.74, 6) is -1.85. The molecule has 0 aromatic heterocycles. The number of carbonyl (C=O) groups excluding carboxylic acids is 4. The van der Waals surface area contributed by atoms with Crippen LogP contribution in [0.3, 0.4) is 0 Å². The van der Waals surface area contributed by atoms with Crippen LogP contribution in [0.5, 0.6) is 0 Å². The molecule has 2 rings (SSSR count). The van der Waals surface area contributed by atoms with Crippen molar-refractivity contribution in [1.82, 2.24) is 9.80 Å². The highest BCUT2D eigenvalue weighted by molar-refractivity contribution is 6.16. The maximum Gasteiger partial charge on any atom is 0.255 e. The lowest BCUT2D eigenvalue weighted by Gasteiger charge is -2.32. The summed E-state index contributed by atoms with van der Waals surface area (Å²) < 4.78 is 0. The highest BCUT2D eigenvalue weighted by Gasteiger charge is 2.40. The summed E-state index contributed by atoms with van der Waals surface area (Å²) in [6.45, 7) is 2.27. The highest BCUT2D eigenvalue weighted by atomic mass is 16.2. The molecule has 2 aliphatic heterocycles. The third kappa shape index (κ3) is 10.5. The second kappa shape index (κ2) is 17.2. The topological polar surface area (TPSA) is 74.8 Å². The quantitative estimate of drug-likeness (QED) is 0.135. The summed E-state index contributed by atoms with van der Waals surface area (Å²) in [5.41, 5.74) is 0. The van der Waals surface area contributed by atoms with Gasteiger partial charge in [0.05, 0.1) is 0 Å². The minimum Gasteiger partial charge on any atom is -0.269 e. The Kier molecular flexibility index (Phi) is 14.3. The van der Waals surface area contributed by atoms with Crippen molar-refractivity contribution < 1.29 is 19.2 Å². The van der Waals surface area contributed by atoms with Crippen LogP contribution in [0.15, 0.2) is 24.3 Å². The van der Waals surface area contributed by atoms with Gasteiger partial charge < -0.3 is 0 Å². The molecule has 0 aromatic carbocycles. The maximum absolute atomic E-state index is 12.1. The number of carbonyl (C=O) groups is 4. The molecule has 2 heterocycles. The van der Waals surface area contributed by atoms with E-state index in [0.717, 1.165) is 29.1 Å². The van der Waals surface area contributed by atoms with Crippen molar-refractivity contribution in [2.24, 2.45) is 0 Å². The number of hydrogen-bond acceptors (Lipinski definition) is 4. The molecule has 0 saturated heterocycles. The molecule has 0 aromatic rings. The summed E-state index contributed by atoms with van der Waals surface area (Å²) in [6.07, 6.45) is 27.5. The largest absolute Gasteiger partial charge is 0.269 e. The van der Waals surface area contributed by atoms with Gasteiger partial charge in [-0.2, -0.15) is 0 Å². The number of rotatable bonds is 21. The second-order valence-corrected chi connectivity index (χ2v) is 10.0. The van der Waals surface area contributed by atoms with Gasteiger partial charge in [0.15, 0.2) is 0 Å². The van der Waals surface area contributed by atoms with Crippen LogP contribution in [0, 0.1) is 0 Å². The zero-order valence-electron chi connectivity index (χ0n) is 21.8. The van der Waals surface area contributed by atoms with Gasteiger partial charge in [0.2, 0.25) is 0 Å². The molecule has 0 fully saturated rings. The molecule has 6 heteroatoms. The van der Waals surface area contributed by atoms with Gasteiger partial charge >= 0.3 is 0 Å². The van der Waals surface area contributed by atoms with Crippen molar-refractivity contribution in [3.05, 3.63) is 24.3 Å². The lowest BCUT2D eigenvalue weighted by atomic mass is 10.0. The molecular weight excluding hydrogens is 440 g/mol. The van der Waals surface area contributed by atoms with E-state index in [9.17, 15) is 19.2 Å². The van der Waals surface area contributed by atoms with Gasteiger partial charge in [-0.1, -0.05) is 116 Å². The van der Waals surface area contributed by atoms with Crippen molar-refractivity contribution in [3.8, 4) is 0 Å². The average molecular weight is 487 g/mol. The number of hydrogen-bond donors (Lipinski definition) is 0. The number of amides is 4. The zero-order chi connectivity index (χ0) is 25.3. The van der Waals surface area contributed by atoms with Crippen LogP contribution >= 0.6 is 0 Å². The van der Waals surface area contributed by atoms with E-state index in [1.807, 2.05) is 0 Å². The van der Waals surface area contributed by atoms with E-state index < -0.39 is 29.8 Å². The van der Waals surface area contributed by atoms with E-state index in [-0.39, 0.29) is 0 Å². The molecule has 4 amide bonds. The number of imide groups is 2. The predicted molar refractivity (Wildman–Crippen MR) is 139 cm³/mol. The Labute approximate surface area is 212 Å². The van der Waals surface area contributed by atoms with E-state index in [0.29, 0.717) is 6.42 Å². The maximum atomic E-state index is 12.1. The molecule has 0 atom stereocenters. The summed E-state index contributed by atoms with van der Waals surface area (Å²) in [4.78, 5) is 50.6. The summed E-state index contributed by atoms with van der Waals surface area (Å²) in [5, 5.41) is 0. The first kappa shape index (κ1) is 29.0.